The van der Waals surface area contributed by atoms with Crippen LogP contribution in [0.4, 0.5) is 11.4 Å². The molecule has 21 heavy (non-hydrogen) atoms. The zero-order valence-electron chi connectivity index (χ0n) is 11.3. The molecular weight excluding hydrogens is 312 g/mol. The van der Waals surface area contributed by atoms with Crippen molar-refractivity contribution >= 4 is 33.0 Å². The van der Waals surface area contributed by atoms with Crippen LogP contribution in [0.3, 0.4) is 0 Å². The maximum atomic E-state index is 12.3. The molecule has 3 N–H and O–H groups in total. The molecule has 112 valence electrons. The first-order valence-electron chi connectivity index (χ1n) is 6.23. The summed E-state index contributed by atoms with van der Waals surface area (Å²) in [5, 5.41) is 0.277. The molecule has 2 aromatic carbocycles. The molecule has 0 unspecified atom stereocenters. The van der Waals surface area contributed by atoms with Gasteiger partial charge in [0, 0.05) is 5.69 Å². The van der Waals surface area contributed by atoms with Gasteiger partial charge in [0.15, 0.2) is 0 Å². The number of benzene rings is 2. The molecule has 0 bridgehead atoms. The summed E-state index contributed by atoms with van der Waals surface area (Å²) in [6, 6.07) is 10.7. The molecule has 0 spiro atoms. The van der Waals surface area contributed by atoms with Crippen molar-refractivity contribution in [3.8, 4) is 5.75 Å². The van der Waals surface area contributed by atoms with Crippen LogP contribution in [-0.2, 0) is 10.0 Å². The van der Waals surface area contributed by atoms with Gasteiger partial charge < -0.3 is 10.5 Å². The number of anilines is 2. The molecular formula is C14H15ClN2O3S. The van der Waals surface area contributed by atoms with Gasteiger partial charge in [-0.3, -0.25) is 4.72 Å². The van der Waals surface area contributed by atoms with Crippen molar-refractivity contribution in [2.45, 2.75) is 11.8 Å². The number of hydrogen-bond acceptors (Lipinski definition) is 4. The van der Waals surface area contributed by atoms with Crippen molar-refractivity contribution in [1.82, 2.24) is 0 Å². The lowest BCUT2D eigenvalue weighted by molar-refractivity contribution is 0.340. The van der Waals surface area contributed by atoms with Crippen LogP contribution >= 0.6 is 11.6 Å². The van der Waals surface area contributed by atoms with Gasteiger partial charge in [-0.25, -0.2) is 8.42 Å². The smallest absolute Gasteiger partial charge is 0.261 e. The Morgan fingerprint density at radius 2 is 1.86 bits per heavy atom. The standard InChI is InChI=1S/C14H15ClN2O3S/c1-2-20-11-4-6-12(7-5-11)21(18,19)17-14-9-10(16)3-8-13(14)15/h3-9,17H,2,16H2,1H3. The summed E-state index contributed by atoms with van der Waals surface area (Å²) in [6.45, 7) is 2.37. The number of rotatable bonds is 5. The average molecular weight is 327 g/mol. The summed E-state index contributed by atoms with van der Waals surface area (Å²) in [7, 11) is -3.73. The molecule has 0 aromatic heterocycles. The Hall–Kier alpha value is -1.92. The van der Waals surface area contributed by atoms with Crippen LogP contribution < -0.4 is 15.2 Å². The Balaban J connectivity index is 2.27. The Kier molecular flexibility index (Phi) is 4.59. The van der Waals surface area contributed by atoms with E-state index in [4.69, 9.17) is 22.1 Å². The fraction of sp³-hybridized carbons (Fsp3) is 0.143. The van der Waals surface area contributed by atoms with Crippen LogP contribution in [0.2, 0.25) is 5.02 Å². The minimum absolute atomic E-state index is 0.115. The van der Waals surface area contributed by atoms with Gasteiger partial charge in [-0.15, -0.1) is 0 Å². The molecule has 0 aliphatic heterocycles. The Morgan fingerprint density at radius 1 is 1.19 bits per heavy atom. The molecule has 0 heterocycles. The van der Waals surface area contributed by atoms with Crippen LogP contribution in [0.25, 0.3) is 0 Å². The molecule has 2 aromatic rings. The zero-order chi connectivity index (χ0) is 15.5. The van der Waals surface area contributed by atoms with Gasteiger partial charge in [0.1, 0.15) is 5.75 Å². The summed E-state index contributed by atoms with van der Waals surface area (Å²) in [5.41, 5.74) is 6.29. The van der Waals surface area contributed by atoms with Gasteiger partial charge in [0.25, 0.3) is 10.0 Å². The van der Waals surface area contributed by atoms with E-state index < -0.39 is 10.0 Å². The number of nitrogen functional groups attached to an aromatic ring is 1. The minimum atomic E-state index is -3.73. The molecule has 0 aliphatic carbocycles. The van der Waals surface area contributed by atoms with E-state index in [0.29, 0.717) is 18.0 Å². The van der Waals surface area contributed by atoms with E-state index in [0.717, 1.165) is 0 Å². The van der Waals surface area contributed by atoms with Crippen molar-refractivity contribution in [2.24, 2.45) is 0 Å². The highest BCUT2D eigenvalue weighted by Crippen LogP contribution is 2.27. The third-order valence-corrected chi connectivity index (χ3v) is 4.39. The number of ether oxygens (including phenoxy) is 1. The summed E-state index contributed by atoms with van der Waals surface area (Å²) in [5.74, 6) is 0.610. The maximum Gasteiger partial charge on any atom is 0.261 e. The fourth-order valence-corrected chi connectivity index (χ4v) is 3.00. The van der Waals surface area contributed by atoms with Gasteiger partial charge in [-0.05, 0) is 49.4 Å². The maximum absolute atomic E-state index is 12.3. The van der Waals surface area contributed by atoms with Crippen molar-refractivity contribution < 1.29 is 13.2 Å². The second-order valence-corrected chi connectivity index (χ2v) is 6.34. The monoisotopic (exact) mass is 326 g/mol. The number of nitrogens with one attached hydrogen (secondary N) is 1. The van der Waals surface area contributed by atoms with Gasteiger partial charge in [0.05, 0.1) is 22.2 Å². The predicted molar refractivity (Wildman–Crippen MR) is 84.3 cm³/mol. The number of halogens is 1. The first kappa shape index (κ1) is 15.5. The molecule has 5 nitrogen and oxygen atoms in total. The molecule has 0 fully saturated rings. The zero-order valence-corrected chi connectivity index (χ0v) is 12.9. The lowest BCUT2D eigenvalue weighted by Crippen LogP contribution is -2.13. The SMILES string of the molecule is CCOc1ccc(S(=O)(=O)Nc2cc(N)ccc2Cl)cc1. The van der Waals surface area contributed by atoms with E-state index in [9.17, 15) is 8.42 Å². The van der Waals surface area contributed by atoms with E-state index in [1.54, 1.807) is 18.2 Å². The van der Waals surface area contributed by atoms with Crippen LogP contribution in [0.1, 0.15) is 6.92 Å². The summed E-state index contributed by atoms with van der Waals surface area (Å²) in [4.78, 5) is 0.115. The predicted octanol–water partition coefficient (Wildman–Crippen LogP) is 3.12. The Bertz CT molecular complexity index is 730. The molecule has 0 saturated heterocycles. The third kappa shape index (κ3) is 3.80. The normalized spacial score (nSPS) is 11.1. The highest BCUT2D eigenvalue weighted by molar-refractivity contribution is 7.92. The van der Waals surface area contributed by atoms with Gasteiger partial charge in [0.2, 0.25) is 0 Å². The number of nitrogens with two attached hydrogens (primary N) is 1. The van der Waals surface area contributed by atoms with E-state index in [-0.39, 0.29) is 15.6 Å². The van der Waals surface area contributed by atoms with Gasteiger partial charge in [-0.1, -0.05) is 11.6 Å². The molecule has 0 atom stereocenters. The van der Waals surface area contributed by atoms with Crippen LogP contribution in [0, 0.1) is 0 Å². The van der Waals surface area contributed by atoms with Crippen LogP contribution in [0.15, 0.2) is 47.4 Å². The van der Waals surface area contributed by atoms with Crippen molar-refractivity contribution in [3.05, 3.63) is 47.5 Å². The van der Waals surface area contributed by atoms with Crippen LogP contribution in [0.5, 0.6) is 5.75 Å². The van der Waals surface area contributed by atoms with Crippen LogP contribution in [-0.4, -0.2) is 15.0 Å². The summed E-state index contributed by atoms with van der Waals surface area (Å²) < 4.78 is 32.3. The fourth-order valence-electron chi connectivity index (χ4n) is 1.71. The molecule has 2 rings (SSSR count). The minimum Gasteiger partial charge on any atom is -0.494 e. The average Bonchev–Trinajstić information content (AvgIpc) is 2.44. The summed E-state index contributed by atoms with van der Waals surface area (Å²) >= 11 is 5.95. The second-order valence-electron chi connectivity index (χ2n) is 4.25. The topological polar surface area (TPSA) is 81.4 Å². The molecule has 7 heteroatoms. The van der Waals surface area contributed by atoms with Gasteiger partial charge >= 0.3 is 0 Å². The van der Waals surface area contributed by atoms with E-state index in [1.165, 1.54) is 24.3 Å². The van der Waals surface area contributed by atoms with Crippen molar-refractivity contribution in [2.75, 3.05) is 17.1 Å². The van der Waals surface area contributed by atoms with E-state index in [2.05, 4.69) is 4.72 Å². The number of hydrogen-bond donors (Lipinski definition) is 2. The highest BCUT2D eigenvalue weighted by atomic mass is 35.5. The second kappa shape index (κ2) is 6.24. The quantitative estimate of drug-likeness (QED) is 0.827. The summed E-state index contributed by atoms with van der Waals surface area (Å²) in [6.07, 6.45) is 0. The van der Waals surface area contributed by atoms with Crippen molar-refractivity contribution in [1.29, 1.82) is 0 Å². The lowest BCUT2D eigenvalue weighted by Gasteiger charge is -2.11. The number of sulfonamides is 1. The molecule has 0 amide bonds. The molecule has 0 saturated carbocycles. The van der Waals surface area contributed by atoms with E-state index >= 15 is 0 Å². The van der Waals surface area contributed by atoms with Crippen molar-refractivity contribution in [3.63, 3.8) is 0 Å². The highest BCUT2D eigenvalue weighted by Gasteiger charge is 2.16. The molecule has 0 radical (unpaired) electrons. The first-order chi connectivity index (χ1) is 9.92. The Morgan fingerprint density at radius 3 is 2.48 bits per heavy atom. The molecule has 0 aliphatic rings. The van der Waals surface area contributed by atoms with Gasteiger partial charge in [-0.2, -0.15) is 0 Å². The Labute approximate surface area is 128 Å². The van der Waals surface area contributed by atoms with E-state index in [1.807, 2.05) is 6.92 Å². The largest absolute Gasteiger partial charge is 0.494 e. The first-order valence-corrected chi connectivity index (χ1v) is 8.09. The lowest BCUT2D eigenvalue weighted by atomic mass is 10.3. The third-order valence-electron chi connectivity index (χ3n) is 2.68.